The predicted octanol–water partition coefficient (Wildman–Crippen LogP) is 1.44. The molecule has 0 saturated carbocycles. The van der Waals surface area contributed by atoms with E-state index in [2.05, 4.69) is 5.18 Å². The number of fused-ring (bicyclic) bond motifs is 1. The van der Waals surface area contributed by atoms with Crippen LogP contribution in [0.1, 0.15) is 0 Å². The van der Waals surface area contributed by atoms with Crippen molar-refractivity contribution in [2.75, 3.05) is 0 Å². The maximum Gasteiger partial charge on any atom is 0.298 e. The van der Waals surface area contributed by atoms with Crippen molar-refractivity contribution in [3.05, 3.63) is 29.2 Å². The fourth-order valence-corrected chi connectivity index (χ4v) is 2.90. The number of nitroso groups, excluding NO2 is 1. The van der Waals surface area contributed by atoms with Crippen LogP contribution in [0.25, 0.3) is 10.8 Å². The Hall–Kier alpha value is -2.08. The van der Waals surface area contributed by atoms with Crippen LogP contribution in [0.15, 0.2) is 39.2 Å². The summed E-state index contributed by atoms with van der Waals surface area (Å²) in [5, 5.41) is 12.0. The zero-order chi connectivity index (χ0) is 16.0. The summed E-state index contributed by atoms with van der Waals surface area (Å²) < 4.78 is 62.3. The summed E-state index contributed by atoms with van der Waals surface area (Å²) in [5.74, 6) is -0.967. The third-order valence-electron chi connectivity index (χ3n) is 2.70. The van der Waals surface area contributed by atoms with Gasteiger partial charge >= 0.3 is 0 Å². The van der Waals surface area contributed by atoms with E-state index in [1.165, 1.54) is 0 Å². The average molecular weight is 333 g/mol. The number of phenols is 1. The summed E-state index contributed by atoms with van der Waals surface area (Å²) >= 11 is 0. The highest BCUT2D eigenvalue weighted by Gasteiger charge is 2.22. The second-order valence-electron chi connectivity index (χ2n) is 3.99. The number of benzene rings is 2. The van der Waals surface area contributed by atoms with Crippen molar-refractivity contribution in [1.82, 2.24) is 0 Å². The molecule has 9 nitrogen and oxygen atoms in total. The van der Waals surface area contributed by atoms with Crippen molar-refractivity contribution in [2.45, 2.75) is 9.79 Å². The van der Waals surface area contributed by atoms with Gasteiger partial charge in [-0.3, -0.25) is 9.11 Å². The molecule has 0 unspecified atom stereocenters. The Morgan fingerprint density at radius 3 is 2.00 bits per heavy atom. The van der Waals surface area contributed by atoms with Crippen LogP contribution >= 0.6 is 0 Å². The molecular formula is C10H7NO8S2. The van der Waals surface area contributed by atoms with Crippen molar-refractivity contribution in [2.24, 2.45) is 5.18 Å². The van der Waals surface area contributed by atoms with Crippen LogP contribution < -0.4 is 0 Å². The first-order valence-electron chi connectivity index (χ1n) is 5.14. The first kappa shape index (κ1) is 15.3. The van der Waals surface area contributed by atoms with Gasteiger partial charge in [0, 0.05) is 10.8 Å². The molecule has 0 radical (unpaired) electrons. The highest BCUT2D eigenvalue weighted by molar-refractivity contribution is 7.86. The first-order chi connectivity index (χ1) is 9.55. The molecule has 2 aromatic carbocycles. The standard InChI is InChI=1S/C10H7NO8S2/c12-10-7-3-5(20(14,15)16)1-2-6(7)8(11-13)4-9(10)21(17,18)19/h1-4,12H,(H,14,15,16)(H,17,18,19). The van der Waals surface area contributed by atoms with Crippen LogP contribution in [0, 0.1) is 4.91 Å². The molecule has 0 aliphatic carbocycles. The lowest BCUT2D eigenvalue weighted by Crippen LogP contribution is -2.00. The van der Waals surface area contributed by atoms with Gasteiger partial charge in [-0.15, -0.1) is 4.91 Å². The Balaban J connectivity index is 3.02. The van der Waals surface area contributed by atoms with Gasteiger partial charge in [-0.05, 0) is 23.4 Å². The highest BCUT2D eigenvalue weighted by atomic mass is 32.2. The second-order valence-corrected chi connectivity index (χ2v) is 6.80. The van der Waals surface area contributed by atoms with Crippen LogP contribution in [0.4, 0.5) is 5.69 Å². The Morgan fingerprint density at radius 2 is 1.52 bits per heavy atom. The van der Waals surface area contributed by atoms with E-state index in [-0.39, 0.29) is 10.8 Å². The summed E-state index contributed by atoms with van der Waals surface area (Å²) in [6.45, 7) is 0. The molecule has 11 heteroatoms. The fourth-order valence-electron chi connectivity index (χ4n) is 1.78. The number of phenolic OH excluding ortho intramolecular Hbond substituents is 1. The van der Waals surface area contributed by atoms with E-state index in [9.17, 15) is 26.8 Å². The van der Waals surface area contributed by atoms with Gasteiger partial charge < -0.3 is 5.11 Å². The van der Waals surface area contributed by atoms with Crippen LogP contribution in [0.2, 0.25) is 0 Å². The van der Waals surface area contributed by atoms with Crippen LogP contribution in [0.5, 0.6) is 5.75 Å². The van der Waals surface area contributed by atoms with Gasteiger partial charge in [-0.1, -0.05) is 6.07 Å². The fraction of sp³-hybridized carbons (Fsp3) is 0. The van der Waals surface area contributed by atoms with E-state index in [0.29, 0.717) is 6.07 Å². The normalized spacial score (nSPS) is 12.5. The molecule has 21 heavy (non-hydrogen) atoms. The molecule has 2 rings (SSSR count). The minimum atomic E-state index is -4.87. The molecule has 2 aromatic rings. The van der Waals surface area contributed by atoms with Gasteiger partial charge in [0.15, 0.2) is 0 Å². The maximum absolute atomic E-state index is 11.1. The van der Waals surface area contributed by atoms with E-state index in [0.717, 1.165) is 18.2 Å². The molecule has 0 fully saturated rings. The monoisotopic (exact) mass is 333 g/mol. The summed E-state index contributed by atoms with van der Waals surface area (Å²) in [5.41, 5.74) is -0.433. The van der Waals surface area contributed by atoms with E-state index in [4.69, 9.17) is 9.11 Å². The molecule has 0 aromatic heterocycles. The molecule has 0 spiro atoms. The second kappa shape index (κ2) is 4.73. The zero-order valence-corrected chi connectivity index (χ0v) is 11.6. The SMILES string of the molecule is O=Nc1cc(S(=O)(=O)O)c(O)c2cc(S(=O)(=O)O)ccc12. The van der Waals surface area contributed by atoms with E-state index < -0.39 is 41.5 Å². The Labute approximate surface area is 118 Å². The van der Waals surface area contributed by atoms with Gasteiger partial charge in [0.2, 0.25) is 0 Å². The molecule has 3 N–H and O–H groups in total. The van der Waals surface area contributed by atoms with Gasteiger partial charge in [0.1, 0.15) is 16.3 Å². The molecule has 112 valence electrons. The molecule has 0 aliphatic heterocycles. The molecule has 0 saturated heterocycles. The average Bonchev–Trinajstić information content (AvgIpc) is 2.36. The van der Waals surface area contributed by atoms with Crippen LogP contribution in [-0.4, -0.2) is 31.0 Å². The number of hydrogen-bond donors (Lipinski definition) is 3. The Morgan fingerprint density at radius 1 is 0.905 bits per heavy atom. The minimum absolute atomic E-state index is 0.0534. The molecule has 0 aliphatic rings. The molecular weight excluding hydrogens is 326 g/mol. The van der Waals surface area contributed by atoms with Gasteiger partial charge in [0.25, 0.3) is 20.2 Å². The smallest absolute Gasteiger partial charge is 0.298 e. The summed E-state index contributed by atoms with van der Waals surface area (Å²) in [6, 6.07) is 3.40. The number of hydrogen-bond acceptors (Lipinski definition) is 7. The van der Waals surface area contributed by atoms with Crippen molar-refractivity contribution in [3.8, 4) is 5.75 Å². The molecule has 0 atom stereocenters. The third kappa shape index (κ3) is 2.71. The highest BCUT2D eigenvalue weighted by Crippen LogP contribution is 2.39. The van der Waals surface area contributed by atoms with Crippen molar-refractivity contribution < 1.29 is 31.0 Å². The summed E-state index contributed by atoms with van der Waals surface area (Å²) in [6.07, 6.45) is 0. The maximum atomic E-state index is 11.1. The van der Waals surface area contributed by atoms with Crippen LogP contribution in [-0.2, 0) is 20.2 Å². The predicted molar refractivity (Wildman–Crippen MR) is 70.7 cm³/mol. The van der Waals surface area contributed by atoms with Crippen molar-refractivity contribution in [1.29, 1.82) is 0 Å². The van der Waals surface area contributed by atoms with Crippen LogP contribution in [0.3, 0.4) is 0 Å². The quantitative estimate of drug-likeness (QED) is 0.562. The Kier molecular flexibility index (Phi) is 3.45. The lowest BCUT2D eigenvalue weighted by Gasteiger charge is -2.08. The summed E-state index contributed by atoms with van der Waals surface area (Å²) in [4.78, 5) is 9.08. The first-order valence-corrected chi connectivity index (χ1v) is 8.02. The topological polar surface area (TPSA) is 158 Å². The Bertz CT molecular complexity index is 962. The van der Waals surface area contributed by atoms with Gasteiger partial charge in [0.05, 0.1) is 4.90 Å². The number of nitrogens with zero attached hydrogens (tertiary/aromatic N) is 1. The largest absolute Gasteiger partial charge is 0.506 e. The lowest BCUT2D eigenvalue weighted by atomic mass is 10.1. The molecule has 0 bridgehead atoms. The molecule has 0 amide bonds. The minimum Gasteiger partial charge on any atom is -0.506 e. The van der Waals surface area contributed by atoms with E-state index >= 15 is 0 Å². The zero-order valence-electron chi connectivity index (χ0n) is 9.96. The third-order valence-corrected chi connectivity index (χ3v) is 4.41. The molecule has 0 heterocycles. The van der Waals surface area contributed by atoms with Crippen molar-refractivity contribution in [3.63, 3.8) is 0 Å². The van der Waals surface area contributed by atoms with Gasteiger partial charge in [-0.25, -0.2) is 0 Å². The van der Waals surface area contributed by atoms with E-state index in [1.807, 2.05) is 0 Å². The van der Waals surface area contributed by atoms with Crippen molar-refractivity contribution >= 4 is 36.7 Å². The van der Waals surface area contributed by atoms with E-state index in [1.54, 1.807) is 0 Å². The lowest BCUT2D eigenvalue weighted by molar-refractivity contribution is 0.448. The number of rotatable bonds is 3. The number of aromatic hydroxyl groups is 1. The van der Waals surface area contributed by atoms with Gasteiger partial charge in [-0.2, -0.15) is 16.8 Å². The summed E-state index contributed by atoms with van der Waals surface area (Å²) in [7, 11) is -9.48.